The van der Waals surface area contributed by atoms with Gasteiger partial charge in [-0.15, -0.1) is 0 Å². The molecule has 0 bridgehead atoms. The van der Waals surface area contributed by atoms with Gasteiger partial charge in [0.2, 0.25) is 5.56 Å². The molecule has 0 saturated carbocycles. The molecular formula is C18H21N5O3S. The fourth-order valence-corrected chi connectivity index (χ4v) is 3.55. The number of hydrogen-bond acceptors (Lipinski definition) is 5. The molecule has 142 valence electrons. The second-order valence-electron chi connectivity index (χ2n) is 6.06. The van der Waals surface area contributed by atoms with Crippen LogP contribution in [0.1, 0.15) is 12.5 Å². The molecule has 2 heterocycles. The molecule has 27 heavy (non-hydrogen) atoms. The molecule has 0 saturated heterocycles. The lowest BCUT2D eigenvalue weighted by atomic mass is 10.1. The van der Waals surface area contributed by atoms with Crippen molar-refractivity contribution in [3.8, 4) is 0 Å². The van der Waals surface area contributed by atoms with Crippen LogP contribution in [-0.4, -0.2) is 35.8 Å². The van der Waals surface area contributed by atoms with Gasteiger partial charge in [-0.05, 0) is 36.2 Å². The molecule has 0 aliphatic carbocycles. The van der Waals surface area contributed by atoms with Gasteiger partial charge in [0.25, 0.3) is 10.2 Å². The number of H-pyrrole nitrogens is 1. The fourth-order valence-electron chi connectivity index (χ4n) is 2.85. The summed E-state index contributed by atoms with van der Waals surface area (Å²) in [5.74, 6) is 0. The molecule has 0 fully saturated rings. The summed E-state index contributed by atoms with van der Waals surface area (Å²) in [6, 6.07) is 12.7. The topological polar surface area (TPSA) is 121 Å². The van der Waals surface area contributed by atoms with E-state index in [-0.39, 0.29) is 5.56 Å². The maximum Gasteiger partial charge on any atom is 0.276 e. The second kappa shape index (κ2) is 7.87. The van der Waals surface area contributed by atoms with E-state index in [9.17, 15) is 13.2 Å². The van der Waals surface area contributed by atoms with Crippen molar-refractivity contribution in [2.24, 2.45) is 5.14 Å². The molecule has 2 aromatic heterocycles. The van der Waals surface area contributed by atoms with Crippen molar-refractivity contribution in [2.45, 2.75) is 13.3 Å². The summed E-state index contributed by atoms with van der Waals surface area (Å²) in [4.78, 5) is 18.3. The Morgan fingerprint density at radius 3 is 2.78 bits per heavy atom. The minimum Gasteiger partial charge on any atom is -0.355 e. The predicted molar refractivity (Wildman–Crippen MR) is 106 cm³/mol. The van der Waals surface area contributed by atoms with Gasteiger partial charge in [0.15, 0.2) is 0 Å². The van der Waals surface area contributed by atoms with Gasteiger partial charge < -0.3 is 10.3 Å². The Labute approximate surface area is 157 Å². The number of likely N-dealkylation sites (N-methyl/N-ethyl adjacent to an activating group) is 1. The van der Waals surface area contributed by atoms with Crippen LogP contribution in [0.4, 0.5) is 11.4 Å². The summed E-state index contributed by atoms with van der Waals surface area (Å²) in [6.07, 6.45) is 2.17. The molecule has 0 spiro atoms. The van der Waals surface area contributed by atoms with Crippen LogP contribution in [0.25, 0.3) is 11.0 Å². The van der Waals surface area contributed by atoms with Crippen LogP contribution in [0.15, 0.2) is 53.5 Å². The molecule has 3 aromatic rings. The quantitative estimate of drug-likeness (QED) is 0.570. The second-order valence-corrected chi connectivity index (χ2v) is 7.60. The summed E-state index contributed by atoms with van der Waals surface area (Å²) in [5.41, 5.74) is 2.95. The van der Waals surface area contributed by atoms with E-state index >= 15 is 0 Å². The molecule has 0 radical (unpaired) electrons. The van der Waals surface area contributed by atoms with Crippen molar-refractivity contribution in [3.63, 3.8) is 0 Å². The first-order chi connectivity index (χ1) is 12.9. The van der Waals surface area contributed by atoms with Crippen LogP contribution in [0.2, 0.25) is 0 Å². The van der Waals surface area contributed by atoms with Gasteiger partial charge in [-0.25, -0.2) is 10.1 Å². The lowest BCUT2D eigenvalue weighted by Gasteiger charge is -2.17. The molecule has 0 aliphatic rings. The molecule has 8 nitrogen and oxygen atoms in total. The van der Waals surface area contributed by atoms with Crippen molar-refractivity contribution in [2.75, 3.05) is 18.4 Å². The highest BCUT2D eigenvalue weighted by atomic mass is 32.2. The number of fused-ring (bicyclic) bond motifs is 1. The predicted octanol–water partition coefficient (Wildman–Crippen LogP) is 1.73. The van der Waals surface area contributed by atoms with Crippen molar-refractivity contribution >= 4 is 32.6 Å². The monoisotopic (exact) mass is 387 g/mol. The largest absolute Gasteiger partial charge is 0.355 e. The zero-order valence-corrected chi connectivity index (χ0v) is 15.7. The minimum atomic E-state index is -3.69. The highest BCUT2D eigenvalue weighted by molar-refractivity contribution is 7.86. The van der Waals surface area contributed by atoms with E-state index in [4.69, 9.17) is 5.14 Å². The Morgan fingerprint density at radius 2 is 2.04 bits per heavy atom. The molecular weight excluding hydrogens is 366 g/mol. The van der Waals surface area contributed by atoms with E-state index in [0.717, 1.165) is 22.3 Å². The summed E-state index contributed by atoms with van der Waals surface area (Å²) in [7, 11) is -3.69. The Morgan fingerprint density at radius 1 is 1.22 bits per heavy atom. The Bertz CT molecular complexity index is 1110. The molecule has 3 rings (SSSR count). The number of nitrogens with zero attached hydrogens (tertiary/aromatic N) is 2. The molecule has 4 N–H and O–H groups in total. The smallest absolute Gasteiger partial charge is 0.276 e. The first kappa shape index (κ1) is 19.0. The van der Waals surface area contributed by atoms with Crippen LogP contribution in [0.3, 0.4) is 0 Å². The number of aromatic amines is 1. The Kier molecular flexibility index (Phi) is 5.54. The lowest BCUT2D eigenvalue weighted by Crippen LogP contribution is -2.37. The average molecular weight is 387 g/mol. The third-order valence-electron chi connectivity index (χ3n) is 4.20. The Balaban J connectivity index is 1.80. The molecule has 0 aliphatic heterocycles. The van der Waals surface area contributed by atoms with Crippen molar-refractivity contribution in [1.29, 1.82) is 0 Å². The first-order valence-electron chi connectivity index (χ1n) is 8.48. The summed E-state index contributed by atoms with van der Waals surface area (Å²) in [5, 5.41) is 9.32. The number of nitrogens with two attached hydrogens (primary N) is 1. The van der Waals surface area contributed by atoms with E-state index in [2.05, 4.69) is 15.3 Å². The SMILES string of the molecule is CCN(CCc1cccc(Nc2ccnc3[nH]c(=O)ccc23)c1)S(N)(=O)=O. The molecule has 0 amide bonds. The van der Waals surface area contributed by atoms with E-state index in [1.54, 1.807) is 19.2 Å². The fraction of sp³-hybridized carbons (Fsp3) is 0.222. The van der Waals surface area contributed by atoms with Crippen LogP contribution in [-0.2, 0) is 16.6 Å². The van der Waals surface area contributed by atoms with Gasteiger partial charge in [-0.1, -0.05) is 19.1 Å². The van der Waals surface area contributed by atoms with Crippen LogP contribution >= 0.6 is 0 Å². The van der Waals surface area contributed by atoms with Gasteiger partial charge >= 0.3 is 0 Å². The van der Waals surface area contributed by atoms with Crippen molar-refractivity contribution in [1.82, 2.24) is 14.3 Å². The zero-order chi connectivity index (χ0) is 19.4. The average Bonchev–Trinajstić information content (AvgIpc) is 2.61. The van der Waals surface area contributed by atoms with Crippen LogP contribution < -0.4 is 16.0 Å². The highest BCUT2D eigenvalue weighted by Crippen LogP contribution is 2.24. The lowest BCUT2D eigenvalue weighted by molar-refractivity contribution is 0.432. The standard InChI is InChI=1S/C18H21N5O3S/c1-2-23(27(19,25)26)11-9-13-4-3-5-14(12-13)21-16-8-10-20-18-15(16)6-7-17(24)22-18/h3-8,10,12H,2,9,11H2,1H3,(H2,19,25,26)(H2,20,21,22,24). The maximum atomic E-state index is 11.5. The number of pyridine rings is 2. The van der Waals surface area contributed by atoms with Gasteiger partial charge in [-0.2, -0.15) is 12.7 Å². The number of anilines is 2. The molecule has 1 aromatic carbocycles. The van der Waals surface area contributed by atoms with Crippen LogP contribution in [0, 0.1) is 0 Å². The summed E-state index contributed by atoms with van der Waals surface area (Å²) >= 11 is 0. The number of nitrogens with one attached hydrogen (secondary N) is 2. The molecule has 0 atom stereocenters. The number of benzene rings is 1. The van der Waals surface area contributed by atoms with Gasteiger partial charge in [0, 0.05) is 36.4 Å². The number of rotatable bonds is 7. The first-order valence-corrected chi connectivity index (χ1v) is 9.99. The zero-order valence-electron chi connectivity index (χ0n) is 14.8. The summed E-state index contributed by atoms with van der Waals surface area (Å²) < 4.78 is 24.2. The minimum absolute atomic E-state index is 0.204. The summed E-state index contributed by atoms with van der Waals surface area (Å²) in [6.45, 7) is 2.40. The van der Waals surface area contributed by atoms with E-state index in [1.807, 2.05) is 30.3 Å². The number of aromatic nitrogens is 2. The van der Waals surface area contributed by atoms with Gasteiger partial charge in [0.05, 0.1) is 5.69 Å². The Hall–Kier alpha value is -2.75. The third-order valence-corrected chi connectivity index (χ3v) is 5.36. The van der Waals surface area contributed by atoms with Gasteiger partial charge in [-0.3, -0.25) is 4.79 Å². The molecule has 0 unspecified atom stereocenters. The van der Waals surface area contributed by atoms with E-state index in [0.29, 0.717) is 25.2 Å². The van der Waals surface area contributed by atoms with Crippen LogP contribution in [0.5, 0.6) is 0 Å². The van der Waals surface area contributed by atoms with E-state index < -0.39 is 10.2 Å². The van der Waals surface area contributed by atoms with Crippen molar-refractivity contribution in [3.05, 3.63) is 64.6 Å². The van der Waals surface area contributed by atoms with Crippen molar-refractivity contribution < 1.29 is 8.42 Å². The van der Waals surface area contributed by atoms with E-state index in [1.165, 1.54) is 10.4 Å². The molecule has 9 heteroatoms. The van der Waals surface area contributed by atoms with Gasteiger partial charge in [0.1, 0.15) is 5.65 Å². The highest BCUT2D eigenvalue weighted by Gasteiger charge is 2.14. The third kappa shape index (κ3) is 4.70. The normalized spacial score (nSPS) is 11.8. The maximum absolute atomic E-state index is 11.5. The number of hydrogen-bond donors (Lipinski definition) is 3.